The second-order valence-electron chi connectivity index (χ2n) is 10.8. The van der Waals surface area contributed by atoms with Crippen molar-refractivity contribution in [3.05, 3.63) is 90.0 Å². The maximum Gasteiger partial charge on any atom is 0.220 e. The largest absolute Gasteiger partial charge is 0.497 e. The summed E-state index contributed by atoms with van der Waals surface area (Å²) in [5, 5.41) is 3.28. The molecule has 1 unspecified atom stereocenters. The molecule has 0 bridgehead atoms. The van der Waals surface area contributed by atoms with Crippen LogP contribution in [-0.4, -0.2) is 62.6 Å². The molecule has 1 aliphatic rings. The second kappa shape index (κ2) is 17.2. The maximum absolute atomic E-state index is 12.9. The number of ether oxygens (including phenoxy) is 3. The summed E-state index contributed by atoms with van der Waals surface area (Å²) in [4.78, 5) is 27.8. The third kappa shape index (κ3) is 10.9. The van der Waals surface area contributed by atoms with E-state index in [1.165, 1.54) is 18.4 Å². The van der Waals surface area contributed by atoms with Gasteiger partial charge in [-0.05, 0) is 99.3 Å². The van der Waals surface area contributed by atoms with Gasteiger partial charge < -0.3 is 24.4 Å². The zero-order chi connectivity index (χ0) is 29.4. The second-order valence-corrected chi connectivity index (χ2v) is 10.8. The number of unbranched alkanes of at least 4 members (excludes halogenated alkanes) is 1. The van der Waals surface area contributed by atoms with Crippen LogP contribution in [0.25, 0.3) is 0 Å². The lowest BCUT2D eigenvalue weighted by molar-refractivity contribution is -0.122. The van der Waals surface area contributed by atoms with E-state index in [1.54, 1.807) is 31.4 Å². The molecular weight excluding hydrogens is 528 g/mol. The number of hydrogen-bond donors (Lipinski definition) is 1. The van der Waals surface area contributed by atoms with E-state index in [0.717, 1.165) is 49.7 Å². The lowest BCUT2D eigenvalue weighted by Gasteiger charge is -2.25. The maximum atomic E-state index is 12.9. The van der Waals surface area contributed by atoms with Crippen molar-refractivity contribution in [2.24, 2.45) is 0 Å². The monoisotopic (exact) mass is 572 g/mol. The van der Waals surface area contributed by atoms with Crippen molar-refractivity contribution in [1.29, 1.82) is 0 Å². The SMILES string of the molecule is COc1ccc(C(=O)CCCCC(=O)NC(Cc2ccc(OCCCOc3ccccc3)cc2)CN2CCCC2)cc1. The van der Waals surface area contributed by atoms with Gasteiger partial charge >= 0.3 is 0 Å². The predicted molar refractivity (Wildman–Crippen MR) is 166 cm³/mol. The average molecular weight is 573 g/mol. The molecule has 1 fully saturated rings. The molecule has 4 rings (SSSR count). The van der Waals surface area contributed by atoms with Gasteiger partial charge in [-0.25, -0.2) is 0 Å². The number of ketones is 1. The van der Waals surface area contributed by atoms with E-state index in [0.29, 0.717) is 44.5 Å². The number of carbonyl (C=O) groups excluding carboxylic acids is 2. The minimum absolute atomic E-state index is 0.0402. The molecular formula is C35H44N2O5. The highest BCUT2D eigenvalue weighted by Crippen LogP contribution is 2.17. The van der Waals surface area contributed by atoms with Crippen LogP contribution in [0.2, 0.25) is 0 Å². The summed E-state index contributed by atoms with van der Waals surface area (Å²) in [5.41, 5.74) is 1.85. The van der Waals surface area contributed by atoms with E-state index in [-0.39, 0.29) is 17.7 Å². The van der Waals surface area contributed by atoms with Gasteiger partial charge in [0.25, 0.3) is 0 Å². The Morgan fingerprint density at radius 3 is 2.05 bits per heavy atom. The summed E-state index contributed by atoms with van der Waals surface area (Å²) < 4.78 is 16.8. The molecule has 1 N–H and O–H groups in total. The number of carbonyl (C=O) groups is 2. The number of amides is 1. The Hall–Kier alpha value is -3.84. The molecule has 0 aliphatic carbocycles. The third-order valence-electron chi connectivity index (χ3n) is 7.49. The first kappa shape index (κ1) is 31.1. The first-order valence-corrected chi connectivity index (χ1v) is 15.2. The van der Waals surface area contributed by atoms with Crippen LogP contribution < -0.4 is 19.5 Å². The van der Waals surface area contributed by atoms with Crippen LogP contribution in [-0.2, 0) is 11.2 Å². The van der Waals surface area contributed by atoms with Crippen LogP contribution in [0.1, 0.15) is 60.9 Å². The molecule has 7 heteroatoms. The number of Topliss-reactive ketones (excluding diaryl/α,β-unsaturated/α-hetero) is 1. The zero-order valence-corrected chi connectivity index (χ0v) is 24.8. The van der Waals surface area contributed by atoms with Crippen LogP contribution in [0.5, 0.6) is 17.2 Å². The predicted octanol–water partition coefficient (Wildman–Crippen LogP) is 6.11. The smallest absolute Gasteiger partial charge is 0.220 e. The number of benzene rings is 3. The molecule has 0 aromatic heterocycles. The average Bonchev–Trinajstić information content (AvgIpc) is 3.53. The van der Waals surface area contributed by atoms with E-state index in [2.05, 4.69) is 22.3 Å². The number of likely N-dealkylation sites (tertiary alicyclic amines) is 1. The quantitative estimate of drug-likeness (QED) is 0.146. The fraction of sp³-hybridized carbons (Fsp3) is 0.429. The Morgan fingerprint density at radius 1 is 0.762 bits per heavy atom. The highest BCUT2D eigenvalue weighted by molar-refractivity contribution is 5.96. The summed E-state index contributed by atoms with van der Waals surface area (Å²) in [6, 6.07) is 25.2. The minimum atomic E-state index is 0.0402. The Kier molecular flexibility index (Phi) is 12.7. The van der Waals surface area contributed by atoms with Gasteiger partial charge in [0.05, 0.1) is 20.3 Å². The minimum Gasteiger partial charge on any atom is -0.497 e. The van der Waals surface area contributed by atoms with Gasteiger partial charge in [-0.3, -0.25) is 9.59 Å². The van der Waals surface area contributed by atoms with Crippen molar-refractivity contribution in [2.45, 2.75) is 57.4 Å². The molecule has 3 aromatic carbocycles. The van der Waals surface area contributed by atoms with Crippen LogP contribution in [0.3, 0.4) is 0 Å². The molecule has 0 radical (unpaired) electrons. The molecule has 1 atom stereocenters. The molecule has 1 aliphatic heterocycles. The van der Waals surface area contributed by atoms with Crippen molar-refractivity contribution < 1.29 is 23.8 Å². The molecule has 1 amide bonds. The number of nitrogens with one attached hydrogen (secondary N) is 1. The summed E-state index contributed by atoms with van der Waals surface area (Å²) in [5.74, 6) is 2.59. The van der Waals surface area contributed by atoms with Crippen molar-refractivity contribution in [1.82, 2.24) is 10.2 Å². The molecule has 0 saturated carbocycles. The summed E-state index contributed by atoms with van der Waals surface area (Å²) >= 11 is 0. The van der Waals surface area contributed by atoms with Gasteiger partial charge in [-0.2, -0.15) is 0 Å². The zero-order valence-electron chi connectivity index (χ0n) is 24.8. The summed E-state index contributed by atoms with van der Waals surface area (Å²) in [7, 11) is 1.61. The Bertz CT molecular complexity index is 1210. The van der Waals surface area contributed by atoms with E-state index in [9.17, 15) is 9.59 Å². The summed E-state index contributed by atoms with van der Waals surface area (Å²) in [6.07, 6.45) is 6.23. The fourth-order valence-corrected chi connectivity index (χ4v) is 5.19. The first-order valence-electron chi connectivity index (χ1n) is 15.2. The van der Waals surface area contributed by atoms with Crippen molar-refractivity contribution in [3.8, 4) is 17.2 Å². The van der Waals surface area contributed by atoms with Crippen molar-refractivity contribution in [2.75, 3.05) is 40.0 Å². The van der Waals surface area contributed by atoms with Gasteiger partial charge in [-0.15, -0.1) is 0 Å². The number of para-hydroxylation sites is 1. The molecule has 1 heterocycles. The molecule has 224 valence electrons. The number of methoxy groups -OCH3 is 1. The molecule has 1 saturated heterocycles. The van der Waals surface area contributed by atoms with Crippen LogP contribution in [0, 0.1) is 0 Å². The molecule has 0 spiro atoms. The highest BCUT2D eigenvalue weighted by atomic mass is 16.5. The van der Waals surface area contributed by atoms with Gasteiger partial charge in [0.2, 0.25) is 5.91 Å². The van der Waals surface area contributed by atoms with Crippen LogP contribution in [0.4, 0.5) is 0 Å². The molecule has 7 nitrogen and oxygen atoms in total. The molecule has 42 heavy (non-hydrogen) atoms. The van der Waals surface area contributed by atoms with E-state index < -0.39 is 0 Å². The standard InChI is InChI=1S/C35H44N2O5/c1-40-31-20-16-29(17-21-31)34(38)12-5-6-13-35(39)36-30(27-37-22-7-8-23-37)26-28-14-18-33(19-15-28)42-25-9-24-41-32-10-3-2-4-11-32/h2-4,10-11,14-21,30H,5-9,12-13,22-27H2,1H3,(H,36,39). The number of hydrogen-bond acceptors (Lipinski definition) is 6. The van der Waals surface area contributed by atoms with Crippen molar-refractivity contribution in [3.63, 3.8) is 0 Å². The van der Waals surface area contributed by atoms with Crippen LogP contribution >= 0.6 is 0 Å². The summed E-state index contributed by atoms with van der Waals surface area (Å²) in [6.45, 7) is 4.22. The fourth-order valence-electron chi connectivity index (χ4n) is 5.19. The van der Waals surface area contributed by atoms with E-state index in [1.807, 2.05) is 42.5 Å². The van der Waals surface area contributed by atoms with E-state index in [4.69, 9.17) is 14.2 Å². The van der Waals surface area contributed by atoms with E-state index >= 15 is 0 Å². The Labute approximate surface area is 250 Å². The Balaban J connectivity index is 1.18. The lowest BCUT2D eigenvalue weighted by Crippen LogP contribution is -2.44. The lowest BCUT2D eigenvalue weighted by atomic mass is 10.0. The van der Waals surface area contributed by atoms with Crippen molar-refractivity contribution >= 4 is 11.7 Å². The van der Waals surface area contributed by atoms with Gasteiger partial charge in [0, 0.05) is 37.4 Å². The third-order valence-corrected chi connectivity index (χ3v) is 7.49. The first-order chi connectivity index (χ1) is 20.6. The highest BCUT2D eigenvalue weighted by Gasteiger charge is 2.20. The van der Waals surface area contributed by atoms with Gasteiger partial charge in [-0.1, -0.05) is 30.3 Å². The Morgan fingerprint density at radius 2 is 1.38 bits per heavy atom. The number of nitrogens with zero attached hydrogens (tertiary/aromatic N) is 1. The number of rotatable bonds is 18. The molecule has 3 aromatic rings. The normalized spacial score (nSPS) is 13.8. The van der Waals surface area contributed by atoms with Gasteiger partial charge in [0.1, 0.15) is 17.2 Å². The topological polar surface area (TPSA) is 77.1 Å². The van der Waals surface area contributed by atoms with Gasteiger partial charge in [0.15, 0.2) is 5.78 Å². The van der Waals surface area contributed by atoms with Crippen LogP contribution in [0.15, 0.2) is 78.9 Å².